The number of hydrogen-bond donors (Lipinski definition) is 1. The van der Waals surface area contributed by atoms with Gasteiger partial charge in [0.1, 0.15) is 23.3 Å². The van der Waals surface area contributed by atoms with E-state index in [1.54, 1.807) is 0 Å². The summed E-state index contributed by atoms with van der Waals surface area (Å²) in [6, 6.07) is 4.68. The lowest BCUT2D eigenvalue weighted by atomic mass is 10.1. The van der Waals surface area contributed by atoms with Gasteiger partial charge in [0.25, 0.3) is 0 Å². The molecule has 94 valence electrons. The molecule has 2 N–H and O–H groups in total. The summed E-state index contributed by atoms with van der Waals surface area (Å²) in [5.74, 6) is -0.249. The van der Waals surface area contributed by atoms with Crippen LogP contribution in [-0.4, -0.2) is 9.97 Å². The van der Waals surface area contributed by atoms with E-state index in [0.29, 0.717) is 17.9 Å². The van der Waals surface area contributed by atoms with Crippen LogP contribution in [0.3, 0.4) is 0 Å². The maximum atomic E-state index is 13.6. The smallest absolute Gasteiger partial charge is 0.132 e. The first-order valence-electron chi connectivity index (χ1n) is 5.69. The Labute approximate surface area is 104 Å². The summed E-state index contributed by atoms with van der Waals surface area (Å²) >= 11 is 0. The maximum Gasteiger partial charge on any atom is 0.132 e. The first kappa shape index (κ1) is 12.4. The second-order valence-electron chi connectivity index (χ2n) is 3.97. The second-order valence-corrected chi connectivity index (χ2v) is 3.97. The van der Waals surface area contributed by atoms with Crippen LogP contribution in [-0.2, 0) is 6.42 Å². The van der Waals surface area contributed by atoms with Gasteiger partial charge in [0.2, 0.25) is 0 Å². The van der Waals surface area contributed by atoms with E-state index >= 15 is 0 Å². The predicted octanol–water partition coefficient (Wildman–Crippen LogP) is 2.96. The Balaban J connectivity index is 2.52. The molecule has 5 heteroatoms. The van der Waals surface area contributed by atoms with Gasteiger partial charge >= 0.3 is 0 Å². The second kappa shape index (κ2) is 5.08. The van der Waals surface area contributed by atoms with Crippen molar-refractivity contribution in [2.45, 2.75) is 19.8 Å². The molecule has 18 heavy (non-hydrogen) atoms. The van der Waals surface area contributed by atoms with Gasteiger partial charge in [0.05, 0.1) is 5.69 Å². The molecule has 0 aliphatic carbocycles. The minimum atomic E-state index is -0.531. The Morgan fingerprint density at radius 3 is 2.67 bits per heavy atom. The van der Waals surface area contributed by atoms with Crippen molar-refractivity contribution in [2.75, 3.05) is 5.73 Å². The van der Waals surface area contributed by atoms with Crippen molar-refractivity contribution in [3.63, 3.8) is 0 Å². The molecule has 0 spiro atoms. The van der Waals surface area contributed by atoms with Crippen molar-refractivity contribution in [2.24, 2.45) is 0 Å². The molecule has 0 aliphatic heterocycles. The molecule has 3 nitrogen and oxygen atoms in total. The molecule has 1 aromatic heterocycles. The summed E-state index contributed by atoms with van der Waals surface area (Å²) in [5.41, 5.74) is 6.05. The number of halogens is 2. The lowest BCUT2D eigenvalue weighted by Gasteiger charge is -2.06. The zero-order valence-corrected chi connectivity index (χ0v) is 9.95. The summed E-state index contributed by atoms with van der Waals surface area (Å²) < 4.78 is 26.8. The van der Waals surface area contributed by atoms with Gasteiger partial charge in [-0.1, -0.05) is 6.92 Å². The van der Waals surface area contributed by atoms with Crippen molar-refractivity contribution in [1.29, 1.82) is 0 Å². The lowest BCUT2D eigenvalue weighted by molar-refractivity contribution is 0.602. The Morgan fingerprint density at radius 2 is 1.94 bits per heavy atom. The van der Waals surface area contributed by atoms with Crippen molar-refractivity contribution in [1.82, 2.24) is 9.97 Å². The average molecular weight is 249 g/mol. The SMILES string of the molecule is CCCc1nc(N)cc(-c2cc(F)ccc2F)n1. The van der Waals surface area contributed by atoms with Crippen LogP contribution in [0.5, 0.6) is 0 Å². The molecule has 0 amide bonds. The number of benzene rings is 1. The van der Waals surface area contributed by atoms with Gasteiger partial charge in [-0.3, -0.25) is 0 Å². The molecular weight excluding hydrogens is 236 g/mol. The average Bonchev–Trinajstić information content (AvgIpc) is 2.32. The van der Waals surface area contributed by atoms with Crippen molar-refractivity contribution in [3.8, 4) is 11.3 Å². The predicted molar refractivity (Wildman–Crippen MR) is 65.8 cm³/mol. The molecule has 0 aliphatic rings. The van der Waals surface area contributed by atoms with E-state index in [9.17, 15) is 8.78 Å². The minimum absolute atomic E-state index is 0.0986. The number of aromatic nitrogens is 2. The normalized spacial score (nSPS) is 10.6. The number of nitrogens with two attached hydrogens (primary N) is 1. The molecule has 0 atom stereocenters. The Morgan fingerprint density at radius 1 is 1.17 bits per heavy atom. The first-order valence-corrected chi connectivity index (χ1v) is 5.69. The van der Waals surface area contributed by atoms with Crippen LogP contribution >= 0.6 is 0 Å². The fourth-order valence-corrected chi connectivity index (χ4v) is 1.68. The molecule has 0 saturated carbocycles. The highest BCUT2D eigenvalue weighted by Gasteiger charge is 2.10. The number of nitrogen functional groups attached to an aromatic ring is 1. The highest BCUT2D eigenvalue weighted by Crippen LogP contribution is 2.23. The van der Waals surface area contributed by atoms with Gasteiger partial charge in [-0.05, 0) is 24.6 Å². The third-order valence-corrected chi connectivity index (χ3v) is 2.47. The molecule has 2 rings (SSSR count). The minimum Gasteiger partial charge on any atom is -0.384 e. The van der Waals surface area contributed by atoms with Gasteiger partial charge in [-0.15, -0.1) is 0 Å². The highest BCUT2D eigenvalue weighted by atomic mass is 19.1. The summed E-state index contributed by atoms with van der Waals surface area (Å²) in [5, 5.41) is 0. The maximum absolute atomic E-state index is 13.6. The van der Waals surface area contributed by atoms with Crippen LogP contribution in [0.25, 0.3) is 11.3 Å². The molecule has 0 saturated heterocycles. The summed E-state index contributed by atoms with van der Waals surface area (Å²) in [6.45, 7) is 1.98. The van der Waals surface area contributed by atoms with E-state index in [1.807, 2.05) is 6.92 Å². The van der Waals surface area contributed by atoms with Crippen LogP contribution in [0.1, 0.15) is 19.2 Å². The summed E-state index contributed by atoms with van der Waals surface area (Å²) in [6.07, 6.45) is 1.50. The van der Waals surface area contributed by atoms with Gasteiger partial charge in [0, 0.05) is 18.1 Å². The molecular formula is C13H13F2N3. The Kier molecular flexibility index (Phi) is 3.50. The van der Waals surface area contributed by atoms with E-state index < -0.39 is 11.6 Å². The third kappa shape index (κ3) is 2.61. The monoisotopic (exact) mass is 249 g/mol. The fourth-order valence-electron chi connectivity index (χ4n) is 1.68. The van der Waals surface area contributed by atoms with Gasteiger partial charge in [-0.25, -0.2) is 18.7 Å². The van der Waals surface area contributed by atoms with Gasteiger partial charge in [0.15, 0.2) is 0 Å². The molecule has 0 radical (unpaired) electrons. The van der Waals surface area contributed by atoms with E-state index in [4.69, 9.17) is 5.73 Å². The Bertz CT molecular complexity index is 570. The Hall–Kier alpha value is -2.04. The standard InChI is InChI=1S/C13H13F2N3/c1-2-3-13-17-11(7-12(16)18-13)9-6-8(14)4-5-10(9)15/h4-7H,2-3H2,1H3,(H2,16,17,18). The molecule has 0 bridgehead atoms. The number of rotatable bonds is 3. The van der Waals surface area contributed by atoms with Crippen LogP contribution in [0.4, 0.5) is 14.6 Å². The van der Waals surface area contributed by atoms with Crippen molar-refractivity contribution >= 4 is 5.82 Å². The number of aryl methyl sites for hydroxylation is 1. The van der Waals surface area contributed by atoms with E-state index in [2.05, 4.69) is 9.97 Å². The molecule has 1 heterocycles. The highest BCUT2D eigenvalue weighted by molar-refractivity contribution is 5.62. The largest absolute Gasteiger partial charge is 0.384 e. The quantitative estimate of drug-likeness (QED) is 0.909. The van der Waals surface area contributed by atoms with E-state index in [1.165, 1.54) is 6.07 Å². The molecule has 0 unspecified atom stereocenters. The lowest BCUT2D eigenvalue weighted by Crippen LogP contribution is -2.02. The summed E-state index contributed by atoms with van der Waals surface area (Å²) in [4.78, 5) is 8.25. The third-order valence-electron chi connectivity index (χ3n) is 2.47. The number of hydrogen-bond acceptors (Lipinski definition) is 3. The van der Waals surface area contributed by atoms with Crippen molar-refractivity contribution < 1.29 is 8.78 Å². The van der Waals surface area contributed by atoms with Crippen molar-refractivity contribution in [3.05, 3.63) is 41.7 Å². The van der Waals surface area contributed by atoms with Gasteiger partial charge in [-0.2, -0.15) is 0 Å². The number of nitrogens with zero attached hydrogens (tertiary/aromatic N) is 2. The zero-order chi connectivity index (χ0) is 13.1. The van der Waals surface area contributed by atoms with Crippen LogP contribution in [0.15, 0.2) is 24.3 Å². The van der Waals surface area contributed by atoms with Crippen LogP contribution in [0.2, 0.25) is 0 Å². The van der Waals surface area contributed by atoms with E-state index in [-0.39, 0.29) is 11.4 Å². The first-order chi connectivity index (χ1) is 8.60. The molecule has 2 aromatic rings. The van der Waals surface area contributed by atoms with E-state index in [0.717, 1.165) is 24.6 Å². The topological polar surface area (TPSA) is 51.8 Å². The van der Waals surface area contributed by atoms with Crippen LogP contribution < -0.4 is 5.73 Å². The fraction of sp³-hybridized carbons (Fsp3) is 0.231. The molecule has 1 aromatic carbocycles. The van der Waals surface area contributed by atoms with Crippen LogP contribution in [0, 0.1) is 11.6 Å². The zero-order valence-electron chi connectivity index (χ0n) is 9.95. The van der Waals surface area contributed by atoms with Gasteiger partial charge < -0.3 is 5.73 Å². The summed E-state index contributed by atoms with van der Waals surface area (Å²) in [7, 11) is 0. The number of anilines is 1. The molecule has 0 fully saturated rings.